The van der Waals surface area contributed by atoms with E-state index >= 15 is 0 Å². The van der Waals surface area contributed by atoms with Crippen molar-refractivity contribution in [2.24, 2.45) is 10.7 Å². The summed E-state index contributed by atoms with van der Waals surface area (Å²) in [4.78, 5) is 5.22. The van der Waals surface area contributed by atoms with Gasteiger partial charge in [0.25, 0.3) is 10.0 Å². The second kappa shape index (κ2) is 10.5. The first-order valence-electron chi connectivity index (χ1n) is 7.46. The third-order valence-electron chi connectivity index (χ3n) is 3.01. The Morgan fingerprint density at radius 3 is 2.48 bits per heavy atom. The zero-order chi connectivity index (χ0) is 16.8. The lowest BCUT2D eigenvalue weighted by Crippen LogP contribution is -2.36. The van der Waals surface area contributed by atoms with Crippen LogP contribution in [0.3, 0.4) is 0 Å². The summed E-state index contributed by atoms with van der Waals surface area (Å²) < 4.78 is 26.6. The molecule has 0 spiro atoms. The highest BCUT2D eigenvalue weighted by molar-refractivity contribution is 14.0. The molecule has 0 saturated heterocycles. The predicted octanol–water partition coefficient (Wildman–Crippen LogP) is 2.25. The molecule has 134 valence electrons. The van der Waals surface area contributed by atoms with Crippen molar-refractivity contribution in [3.05, 3.63) is 17.0 Å². The Kier molecular flexibility index (Phi) is 10.3. The fraction of sp³-hybridized carbons (Fsp3) is 0.643. The van der Waals surface area contributed by atoms with Gasteiger partial charge in [0.2, 0.25) is 0 Å². The molecule has 3 N–H and O–H groups in total. The predicted molar refractivity (Wildman–Crippen MR) is 108 cm³/mol. The number of nitrogens with one attached hydrogen (secondary N) is 1. The summed E-state index contributed by atoms with van der Waals surface area (Å²) >= 11 is 1.30. The van der Waals surface area contributed by atoms with Gasteiger partial charge in [-0.25, -0.2) is 8.42 Å². The second-order valence-electron chi connectivity index (χ2n) is 5.13. The number of hydrogen-bond acceptors (Lipinski definition) is 4. The first-order valence-corrected chi connectivity index (χ1v) is 9.72. The summed E-state index contributed by atoms with van der Waals surface area (Å²) in [7, 11) is -3.36. The summed E-state index contributed by atoms with van der Waals surface area (Å²) in [6, 6.07) is 3.77. The molecule has 0 amide bonds. The maximum atomic E-state index is 12.4. The standard InChI is InChI=1S/C14H26N4O2S2.HI/c1-5-18(6-2)22(19,20)13-8-7-12(21-13)9-10-16-14(15)17-11(3)4;/h7-8,11H,5-6,9-10H2,1-4H3,(H3,15,16,17);1H. The van der Waals surface area contributed by atoms with Crippen molar-refractivity contribution in [2.75, 3.05) is 19.6 Å². The maximum Gasteiger partial charge on any atom is 0.252 e. The smallest absolute Gasteiger partial charge is 0.252 e. The van der Waals surface area contributed by atoms with E-state index in [0.29, 0.717) is 36.2 Å². The molecule has 0 aromatic carbocycles. The van der Waals surface area contributed by atoms with E-state index in [2.05, 4.69) is 10.3 Å². The van der Waals surface area contributed by atoms with Gasteiger partial charge < -0.3 is 11.1 Å². The Morgan fingerprint density at radius 1 is 1.35 bits per heavy atom. The first-order chi connectivity index (χ1) is 10.3. The van der Waals surface area contributed by atoms with Gasteiger partial charge in [-0.05, 0) is 26.0 Å². The second-order valence-corrected chi connectivity index (χ2v) is 8.46. The first kappa shape index (κ1) is 22.6. The van der Waals surface area contributed by atoms with Gasteiger partial charge in [0, 0.05) is 37.0 Å². The lowest BCUT2D eigenvalue weighted by molar-refractivity contribution is 0.447. The van der Waals surface area contributed by atoms with Crippen LogP contribution in [-0.4, -0.2) is 44.4 Å². The molecule has 0 aliphatic rings. The highest BCUT2D eigenvalue weighted by Gasteiger charge is 2.23. The van der Waals surface area contributed by atoms with Gasteiger partial charge in [-0.15, -0.1) is 35.3 Å². The Morgan fingerprint density at radius 2 is 1.96 bits per heavy atom. The van der Waals surface area contributed by atoms with Crippen LogP contribution in [0, 0.1) is 0 Å². The fourth-order valence-electron chi connectivity index (χ4n) is 1.95. The Balaban J connectivity index is 0.00000484. The monoisotopic (exact) mass is 474 g/mol. The number of halogens is 1. The topological polar surface area (TPSA) is 87.8 Å². The van der Waals surface area contributed by atoms with Crippen LogP contribution in [0.1, 0.15) is 32.6 Å². The van der Waals surface area contributed by atoms with E-state index in [1.165, 1.54) is 15.6 Å². The molecule has 0 radical (unpaired) electrons. The van der Waals surface area contributed by atoms with Crippen molar-refractivity contribution in [1.82, 2.24) is 9.62 Å². The average molecular weight is 474 g/mol. The average Bonchev–Trinajstić information content (AvgIpc) is 2.88. The van der Waals surface area contributed by atoms with Crippen molar-refractivity contribution < 1.29 is 8.42 Å². The number of thiophene rings is 1. The molecule has 0 aliphatic heterocycles. The van der Waals surface area contributed by atoms with Crippen LogP contribution in [0.15, 0.2) is 21.3 Å². The molecule has 1 rings (SSSR count). The van der Waals surface area contributed by atoms with Gasteiger partial charge in [0.15, 0.2) is 5.96 Å². The molecule has 0 aliphatic carbocycles. The Bertz CT molecular complexity index is 596. The van der Waals surface area contributed by atoms with Gasteiger partial charge in [-0.1, -0.05) is 13.8 Å². The van der Waals surface area contributed by atoms with E-state index in [1.54, 1.807) is 6.07 Å². The maximum absolute atomic E-state index is 12.4. The van der Waals surface area contributed by atoms with Gasteiger partial charge in [-0.3, -0.25) is 4.99 Å². The summed E-state index contributed by atoms with van der Waals surface area (Å²) in [5, 5.41) is 3.02. The van der Waals surface area contributed by atoms with Crippen LogP contribution >= 0.6 is 35.3 Å². The van der Waals surface area contributed by atoms with E-state index in [0.717, 1.165) is 4.88 Å². The van der Waals surface area contributed by atoms with Crippen LogP contribution < -0.4 is 11.1 Å². The van der Waals surface area contributed by atoms with E-state index in [4.69, 9.17) is 5.73 Å². The number of nitrogens with two attached hydrogens (primary N) is 1. The molecule has 1 aromatic rings. The van der Waals surface area contributed by atoms with Crippen LogP contribution in [0.25, 0.3) is 0 Å². The molecule has 1 aromatic heterocycles. The molecule has 0 bridgehead atoms. The molecular formula is C14H27IN4O2S2. The molecule has 0 unspecified atom stereocenters. The quantitative estimate of drug-likeness (QED) is 0.344. The van der Waals surface area contributed by atoms with Crippen molar-refractivity contribution in [1.29, 1.82) is 0 Å². The third kappa shape index (κ3) is 6.94. The minimum Gasteiger partial charge on any atom is -0.370 e. The molecule has 9 heteroatoms. The molecule has 0 fully saturated rings. The number of rotatable bonds is 8. The lowest BCUT2D eigenvalue weighted by Gasteiger charge is -2.16. The molecule has 0 atom stereocenters. The number of hydrogen-bond donors (Lipinski definition) is 2. The Hall–Kier alpha value is -0.390. The molecular weight excluding hydrogens is 447 g/mol. The van der Waals surface area contributed by atoms with Crippen molar-refractivity contribution in [3.63, 3.8) is 0 Å². The molecule has 1 heterocycles. The van der Waals surface area contributed by atoms with Gasteiger partial charge in [0.1, 0.15) is 4.21 Å². The highest BCUT2D eigenvalue weighted by Crippen LogP contribution is 2.25. The minimum absolute atomic E-state index is 0. The van der Waals surface area contributed by atoms with E-state index in [9.17, 15) is 8.42 Å². The van der Waals surface area contributed by atoms with Gasteiger partial charge in [-0.2, -0.15) is 4.31 Å². The molecule has 0 saturated carbocycles. The van der Waals surface area contributed by atoms with Gasteiger partial charge in [0.05, 0.1) is 0 Å². The number of nitrogens with zero attached hydrogens (tertiary/aromatic N) is 2. The summed E-state index contributed by atoms with van der Waals surface area (Å²) in [5.74, 6) is 0.419. The van der Waals surface area contributed by atoms with Gasteiger partial charge >= 0.3 is 0 Å². The summed E-state index contributed by atoms with van der Waals surface area (Å²) in [6.45, 7) is 9.17. The number of aliphatic imine (C=N–C) groups is 1. The fourth-order valence-corrected chi connectivity index (χ4v) is 4.91. The summed E-state index contributed by atoms with van der Waals surface area (Å²) in [5.41, 5.74) is 5.73. The van der Waals surface area contributed by atoms with Crippen LogP contribution in [0.2, 0.25) is 0 Å². The zero-order valence-corrected chi connectivity index (χ0v) is 18.0. The zero-order valence-electron chi connectivity index (χ0n) is 14.1. The minimum atomic E-state index is -3.36. The van der Waals surface area contributed by atoms with Crippen LogP contribution in [0.5, 0.6) is 0 Å². The largest absolute Gasteiger partial charge is 0.370 e. The normalized spacial score (nSPS) is 12.5. The summed E-state index contributed by atoms with van der Waals surface area (Å²) in [6.07, 6.45) is 0.679. The highest BCUT2D eigenvalue weighted by atomic mass is 127. The number of guanidine groups is 1. The SMILES string of the molecule is CCN(CC)S(=O)(=O)c1ccc(CCN=C(N)NC(C)C)s1.I. The molecule has 6 nitrogen and oxygen atoms in total. The van der Waals surface area contributed by atoms with E-state index in [1.807, 2.05) is 33.8 Å². The van der Waals surface area contributed by atoms with Crippen molar-refractivity contribution in [2.45, 2.75) is 44.4 Å². The Labute approximate surface area is 160 Å². The van der Waals surface area contributed by atoms with Crippen LogP contribution in [0.4, 0.5) is 0 Å². The molecule has 23 heavy (non-hydrogen) atoms. The van der Waals surface area contributed by atoms with Crippen molar-refractivity contribution >= 4 is 51.3 Å². The van der Waals surface area contributed by atoms with E-state index in [-0.39, 0.29) is 30.0 Å². The number of sulfonamides is 1. The lowest BCUT2D eigenvalue weighted by atomic mass is 10.3. The van der Waals surface area contributed by atoms with Crippen molar-refractivity contribution in [3.8, 4) is 0 Å². The third-order valence-corrected chi connectivity index (χ3v) is 6.68. The van der Waals surface area contributed by atoms with E-state index < -0.39 is 10.0 Å². The van der Waals surface area contributed by atoms with Crippen LogP contribution in [-0.2, 0) is 16.4 Å².